The van der Waals surface area contributed by atoms with E-state index in [-0.39, 0.29) is 25.7 Å². The molecule has 8 N–H and O–H groups in total. The third kappa shape index (κ3) is 24.0. The predicted molar refractivity (Wildman–Crippen MR) is 262 cm³/mol. The quantitative estimate of drug-likeness (QED) is 0.0228. The van der Waals surface area contributed by atoms with Crippen LogP contribution in [0.25, 0.3) is 0 Å². The Morgan fingerprint density at radius 3 is 1.19 bits per heavy atom. The van der Waals surface area contributed by atoms with Gasteiger partial charge in [-0.25, -0.2) is 0 Å². The molecular weight excluding hydrogens is 880 g/mol. The van der Waals surface area contributed by atoms with E-state index in [4.69, 9.17) is 18.1 Å². The van der Waals surface area contributed by atoms with Crippen LogP contribution in [0.5, 0.6) is 0 Å². The van der Waals surface area contributed by atoms with Crippen molar-refractivity contribution in [2.45, 2.75) is 250 Å². The molecule has 0 aliphatic heterocycles. The van der Waals surface area contributed by atoms with Crippen molar-refractivity contribution in [1.82, 2.24) is 0 Å². The fourth-order valence-corrected chi connectivity index (χ4v) is 12.0. The molecule has 63 heavy (non-hydrogen) atoms. The van der Waals surface area contributed by atoms with E-state index in [1.54, 1.807) is 0 Å². The van der Waals surface area contributed by atoms with Crippen molar-refractivity contribution in [2.75, 3.05) is 6.61 Å². The Morgan fingerprint density at radius 2 is 0.810 bits per heavy atom. The van der Waals surface area contributed by atoms with Gasteiger partial charge in [-0.05, 0) is 31.2 Å². The molecule has 1 aromatic rings. The summed E-state index contributed by atoms with van der Waals surface area (Å²) in [7, 11) is -12.4. The maximum Gasteiger partial charge on any atom is 0.327 e. The van der Waals surface area contributed by atoms with Crippen LogP contribution in [0.3, 0.4) is 0 Å². The van der Waals surface area contributed by atoms with Gasteiger partial charge in [-0.15, -0.1) is 0 Å². The van der Waals surface area contributed by atoms with Gasteiger partial charge in [-0.1, -0.05) is 238 Å². The summed E-state index contributed by atoms with van der Waals surface area (Å²) in [6, 6.07) is 9.14. The monoisotopic (exact) mass is 973 g/mol. The van der Waals surface area contributed by atoms with E-state index >= 15 is 0 Å². The maximum absolute atomic E-state index is 11.2. The Balaban J connectivity index is 4.44. The maximum atomic E-state index is 11.2. The highest BCUT2D eigenvalue weighted by molar-refractivity contribution is 7.40. The van der Waals surface area contributed by atoms with E-state index in [0.717, 1.165) is 154 Å². The molecule has 0 saturated heterocycles. The molecule has 0 aromatic heterocycles. The lowest BCUT2D eigenvalue weighted by atomic mass is 9.52. The van der Waals surface area contributed by atoms with Crippen LogP contribution in [0.1, 0.15) is 239 Å². The average molecular weight is 973 g/mol. The largest absolute Gasteiger partial charge is 0.328 e. The molecule has 372 valence electrons. The number of hydrogen-bond acceptors (Lipinski definition) is 12. The highest BCUT2D eigenvalue weighted by Gasteiger charge is 2.70. The van der Waals surface area contributed by atoms with Gasteiger partial charge in [0.1, 0.15) is 5.60 Å². The first-order chi connectivity index (χ1) is 30.4. The molecule has 0 bridgehead atoms. The van der Waals surface area contributed by atoms with Gasteiger partial charge in [0.25, 0.3) is 0 Å². The molecule has 0 fully saturated rings. The standard InChI is InChI=1S/C47H92O12P4/c1-5-9-13-17-21-25-32-38-44(57-61(50)51)46(42-56-60(48)49,47(59-63(54)55,43-36-30-29-31-37-43)41-35-28-24-20-16-12-8-4)45(58-62(52)53,39-33-26-22-18-14-10-6-2)40-34-27-23-19-15-11-7-3/h29-31,36-37,44,48-55H,5-28,32-35,38-42H2,1-4H3. The molecule has 1 aromatic carbocycles. The van der Waals surface area contributed by atoms with Crippen molar-refractivity contribution < 1.29 is 57.2 Å². The van der Waals surface area contributed by atoms with E-state index in [2.05, 4.69) is 27.7 Å². The number of benzene rings is 1. The summed E-state index contributed by atoms with van der Waals surface area (Å²) in [6.07, 6.45) is 26.3. The summed E-state index contributed by atoms with van der Waals surface area (Å²) in [5, 5.41) is 0. The second-order valence-electron chi connectivity index (χ2n) is 17.7. The van der Waals surface area contributed by atoms with E-state index < -0.39 is 63.7 Å². The summed E-state index contributed by atoms with van der Waals surface area (Å²) in [5.41, 5.74) is -4.81. The Hall–Kier alpha value is 0.460. The molecule has 3 atom stereocenters. The topological polar surface area (TPSA) is 199 Å². The molecule has 0 aliphatic carbocycles. The molecule has 1 rings (SSSR count). The second kappa shape index (κ2) is 38.3. The number of rotatable bonds is 45. The molecular formula is C47H92O12P4. The van der Waals surface area contributed by atoms with Crippen LogP contribution in [0.2, 0.25) is 0 Å². The molecule has 0 spiro atoms. The van der Waals surface area contributed by atoms with Crippen LogP contribution in [0.15, 0.2) is 30.3 Å². The molecule has 0 saturated carbocycles. The van der Waals surface area contributed by atoms with Crippen molar-refractivity contribution >= 4 is 34.4 Å². The van der Waals surface area contributed by atoms with Gasteiger partial charge < -0.3 is 57.2 Å². The first-order valence-electron chi connectivity index (χ1n) is 24.9. The molecule has 16 heteroatoms. The van der Waals surface area contributed by atoms with Gasteiger partial charge in [0, 0.05) is 0 Å². The Labute approximate surface area is 388 Å². The Bertz CT molecular complexity index is 1160. The summed E-state index contributed by atoms with van der Waals surface area (Å²) in [6.45, 7) is 8.15. The number of unbranched alkanes of at least 4 members (excludes halogenated alkanes) is 24. The van der Waals surface area contributed by atoms with Gasteiger partial charge >= 0.3 is 34.4 Å². The smallest absolute Gasteiger partial charge is 0.327 e. The highest BCUT2D eigenvalue weighted by Crippen LogP contribution is 2.66. The fourth-order valence-electron chi connectivity index (χ4n) is 9.83. The minimum Gasteiger partial charge on any atom is -0.328 e. The van der Waals surface area contributed by atoms with Gasteiger partial charge in [0.2, 0.25) is 0 Å². The normalized spacial score (nSPS) is 14.9. The van der Waals surface area contributed by atoms with Crippen molar-refractivity contribution in [1.29, 1.82) is 0 Å². The zero-order valence-corrected chi connectivity index (χ0v) is 43.4. The van der Waals surface area contributed by atoms with E-state index in [9.17, 15) is 39.1 Å². The van der Waals surface area contributed by atoms with E-state index in [0.29, 0.717) is 31.2 Å². The summed E-state index contributed by atoms with van der Waals surface area (Å²) in [5.74, 6) is 0. The molecule has 0 heterocycles. The third-order valence-corrected chi connectivity index (χ3v) is 14.8. The summed E-state index contributed by atoms with van der Waals surface area (Å²) < 4.78 is 25.8. The zero-order valence-electron chi connectivity index (χ0n) is 39.8. The lowest BCUT2D eigenvalue weighted by Crippen LogP contribution is -2.69. The van der Waals surface area contributed by atoms with Crippen LogP contribution < -0.4 is 0 Å². The molecule has 0 radical (unpaired) electrons. The molecule has 0 amide bonds. The van der Waals surface area contributed by atoms with Gasteiger partial charge in [0.05, 0.1) is 23.7 Å². The minimum atomic E-state index is -3.15. The fraction of sp³-hybridized carbons (Fsp3) is 0.872. The van der Waals surface area contributed by atoms with Crippen LogP contribution in [-0.4, -0.2) is 57.5 Å². The van der Waals surface area contributed by atoms with Gasteiger partial charge in [-0.3, -0.25) is 0 Å². The molecule has 0 aliphatic rings. The Morgan fingerprint density at radius 1 is 0.429 bits per heavy atom. The van der Waals surface area contributed by atoms with E-state index in [1.165, 1.54) is 0 Å². The lowest BCUT2D eigenvalue weighted by molar-refractivity contribution is -0.248. The predicted octanol–water partition coefficient (Wildman–Crippen LogP) is 14.5. The van der Waals surface area contributed by atoms with Crippen molar-refractivity contribution in [3.63, 3.8) is 0 Å². The van der Waals surface area contributed by atoms with Crippen LogP contribution in [0, 0.1) is 5.41 Å². The summed E-state index contributed by atoms with van der Waals surface area (Å²) >= 11 is 0. The Kier molecular flexibility index (Phi) is 37.4. The van der Waals surface area contributed by atoms with Gasteiger partial charge in [-0.2, -0.15) is 0 Å². The lowest BCUT2D eigenvalue weighted by Gasteiger charge is -2.62. The highest BCUT2D eigenvalue weighted by atomic mass is 31.2. The van der Waals surface area contributed by atoms with Crippen LogP contribution in [-0.2, 0) is 23.7 Å². The van der Waals surface area contributed by atoms with Gasteiger partial charge in [0.15, 0.2) is 0 Å². The van der Waals surface area contributed by atoms with Crippen LogP contribution in [0.4, 0.5) is 0 Å². The molecule has 3 unspecified atom stereocenters. The zero-order chi connectivity index (χ0) is 46.7. The second-order valence-corrected chi connectivity index (χ2v) is 20.6. The number of hydrogen-bond donors (Lipinski definition) is 8. The average Bonchev–Trinajstić information content (AvgIpc) is 3.24. The van der Waals surface area contributed by atoms with Crippen LogP contribution >= 0.6 is 34.4 Å². The first kappa shape index (κ1) is 61.5. The van der Waals surface area contributed by atoms with Crippen molar-refractivity contribution in [3.8, 4) is 0 Å². The third-order valence-electron chi connectivity index (χ3n) is 13.0. The minimum absolute atomic E-state index is 0.155. The summed E-state index contributed by atoms with van der Waals surface area (Å²) in [4.78, 5) is 88.3. The van der Waals surface area contributed by atoms with Crippen molar-refractivity contribution in [2.24, 2.45) is 5.41 Å². The molecule has 12 nitrogen and oxygen atoms in total. The van der Waals surface area contributed by atoms with E-state index in [1.807, 2.05) is 30.3 Å². The van der Waals surface area contributed by atoms with Crippen molar-refractivity contribution in [3.05, 3.63) is 35.9 Å². The SMILES string of the molecule is CCCCCCCCCC(OP(O)O)C(COP(O)O)(C(CCCCCCCCC)(CCCCCCCCC)OP(O)O)C(CCCCCCCCC)(OP(O)O)c1ccccc1. The first-order valence-corrected chi connectivity index (χ1v) is 29.5.